The van der Waals surface area contributed by atoms with Crippen molar-refractivity contribution in [2.75, 3.05) is 24.0 Å². The quantitative estimate of drug-likeness (QED) is 0.0528. The van der Waals surface area contributed by atoms with Gasteiger partial charge in [0.15, 0.2) is 17.4 Å². The van der Waals surface area contributed by atoms with E-state index >= 15 is 8.78 Å². The van der Waals surface area contributed by atoms with E-state index in [9.17, 15) is 38.1 Å². The summed E-state index contributed by atoms with van der Waals surface area (Å²) in [5, 5.41) is 11.3. The van der Waals surface area contributed by atoms with Crippen LogP contribution in [0.25, 0.3) is 22.3 Å². The van der Waals surface area contributed by atoms with E-state index in [-0.39, 0.29) is 67.0 Å². The molecule has 2 amide bonds. The minimum absolute atomic E-state index is 0.0394. The summed E-state index contributed by atoms with van der Waals surface area (Å²) in [6.45, 7) is 11.1. The van der Waals surface area contributed by atoms with E-state index in [1.54, 1.807) is 39.1 Å². The number of nitro groups is 1. The standard InChI is InChI=1S/C26H22ClF2N3O5.C26H23ClF2N2O3/c1-5-13-9-10-30-21(12(2)3)22(13)31-23-14(25(33)24(26(31)34)32(35)36)11-15(27)18(20(23)29)19-16(28)7-6-8-17(19)37-4;1-5-14-9-10-30-24(13(2)3)25(14)31-20(33)12-18(32)15-11-16(27)21(23(29)26(15)31)22-17(28)7-6-8-19(22)34-4/h6-12,24H,5H2,1-4H3;6-11,13H,5,12H2,1-4H3. The molecule has 0 N–H and O–H groups in total. The Morgan fingerprint density at radius 3 is 1.54 bits per heavy atom. The lowest BCUT2D eigenvalue weighted by molar-refractivity contribution is -0.491. The molecule has 2 aromatic heterocycles. The number of anilines is 4. The SMILES string of the molecule is CCc1ccnc(C(C)C)c1N1C(=O)C([N+](=O)[O-])C(=O)c2cc(Cl)c(-c3c(F)cccc3OC)c(F)c21.CCc1ccnc(C(C)C)c1N1C(=O)CC(=O)c2cc(Cl)c(-c3c(F)cccc3OC)c(F)c21. The number of carbonyl (C=O) groups is 4. The van der Waals surface area contributed by atoms with Crippen LogP contribution in [0.15, 0.2) is 73.1 Å². The molecule has 0 fully saturated rings. The van der Waals surface area contributed by atoms with Crippen LogP contribution >= 0.6 is 23.2 Å². The zero-order valence-electron chi connectivity index (χ0n) is 39.6. The summed E-state index contributed by atoms with van der Waals surface area (Å²) in [7, 11) is 2.60. The molecule has 4 heterocycles. The predicted molar refractivity (Wildman–Crippen MR) is 260 cm³/mol. The van der Waals surface area contributed by atoms with Crippen molar-refractivity contribution >= 4 is 69.3 Å². The van der Waals surface area contributed by atoms with Gasteiger partial charge in [-0.3, -0.25) is 49.1 Å². The van der Waals surface area contributed by atoms with Gasteiger partial charge in [0.25, 0.3) is 0 Å². The predicted octanol–water partition coefficient (Wildman–Crippen LogP) is 12.5. The van der Waals surface area contributed by atoms with E-state index in [0.29, 0.717) is 35.5 Å². The van der Waals surface area contributed by atoms with E-state index in [1.165, 1.54) is 55.6 Å². The van der Waals surface area contributed by atoms with Crippen molar-refractivity contribution in [1.29, 1.82) is 0 Å². The topological polar surface area (TPSA) is 162 Å². The minimum atomic E-state index is -2.32. The van der Waals surface area contributed by atoms with Gasteiger partial charge in [-0.1, -0.05) is 76.9 Å². The van der Waals surface area contributed by atoms with Crippen molar-refractivity contribution in [3.05, 3.63) is 150 Å². The number of methoxy groups -OCH3 is 2. The van der Waals surface area contributed by atoms with Gasteiger partial charge in [0.2, 0.25) is 11.7 Å². The number of hydrogen-bond acceptors (Lipinski definition) is 10. The Kier molecular flexibility index (Phi) is 15.0. The van der Waals surface area contributed by atoms with Gasteiger partial charge in [0.1, 0.15) is 23.1 Å². The molecule has 2 aliphatic heterocycles. The maximum Gasteiger partial charge on any atom is 0.352 e. The number of hydrogen-bond donors (Lipinski definition) is 0. The summed E-state index contributed by atoms with van der Waals surface area (Å²) < 4.78 is 73.3. The van der Waals surface area contributed by atoms with Crippen LogP contribution in [0.4, 0.5) is 40.3 Å². The maximum atomic E-state index is 16.5. The van der Waals surface area contributed by atoms with Crippen LogP contribution in [0, 0.1) is 33.4 Å². The number of amides is 2. The minimum Gasteiger partial charge on any atom is -0.496 e. The highest BCUT2D eigenvalue weighted by Crippen LogP contribution is 2.50. The van der Waals surface area contributed by atoms with Crippen molar-refractivity contribution in [3.63, 3.8) is 0 Å². The van der Waals surface area contributed by atoms with Crippen molar-refractivity contribution in [3.8, 4) is 33.8 Å². The fraction of sp³-hybridized carbons (Fsp3) is 0.269. The van der Waals surface area contributed by atoms with Crippen LogP contribution in [-0.2, 0) is 22.4 Å². The summed E-state index contributed by atoms with van der Waals surface area (Å²) in [5.41, 5.74) is 0.295. The average Bonchev–Trinajstić information content (AvgIpc) is 3.33. The molecule has 0 saturated carbocycles. The van der Waals surface area contributed by atoms with Gasteiger partial charge in [0.05, 0.1) is 81.5 Å². The van der Waals surface area contributed by atoms with Crippen molar-refractivity contribution in [2.24, 2.45) is 0 Å². The van der Waals surface area contributed by atoms with Gasteiger partial charge >= 0.3 is 11.9 Å². The number of aromatic nitrogens is 2. The normalized spacial score (nSPS) is 14.4. The second-order valence-electron chi connectivity index (χ2n) is 17.0. The molecule has 2 aliphatic rings. The van der Waals surface area contributed by atoms with Gasteiger partial charge in [-0.2, -0.15) is 0 Å². The van der Waals surface area contributed by atoms with E-state index < -0.39 is 80.8 Å². The molecule has 1 atom stereocenters. The molecule has 368 valence electrons. The number of benzene rings is 4. The summed E-state index contributed by atoms with van der Waals surface area (Å²) in [4.78, 5) is 74.5. The van der Waals surface area contributed by atoms with Crippen LogP contribution in [0.5, 0.6) is 11.5 Å². The zero-order valence-corrected chi connectivity index (χ0v) is 41.1. The van der Waals surface area contributed by atoms with E-state index in [4.69, 9.17) is 32.7 Å². The summed E-state index contributed by atoms with van der Waals surface area (Å²) in [6.07, 6.45) is 3.65. The second-order valence-corrected chi connectivity index (χ2v) is 17.8. The molecular formula is C52H45Cl2F4N5O8. The fourth-order valence-electron chi connectivity index (χ4n) is 8.88. The van der Waals surface area contributed by atoms with Crippen LogP contribution < -0.4 is 19.3 Å². The fourth-order valence-corrected chi connectivity index (χ4v) is 9.45. The Labute approximate surface area is 415 Å². The first-order chi connectivity index (χ1) is 33.7. The number of nitrogens with zero attached hydrogens (tertiary/aromatic N) is 5. The highest BCUT2D eigenvalue weighted by molar-refractivity contribution is 6.36. The second kappa shape index (κ2) is 20.6. The number of ketones is 2. The number of pyridine rings is 2. The summed E-state index contributed by atoms with van der Waals surface area (Å²) in [5.74, 6) is -7.73. The monoisotopic (exact) mass is 1010 g/mol. The molecule has 0 bridgehead atoms. The number of halogens is 6. The van der Waals surface area contributed by atoms with Gasteiger partial charge in [-0.25, -0.2) is 17.6 Å². The Bertz CT molecular complexity index is 3210. The molecule has 13 nitrogen and oxygen atoms in total. The largest absolute Gasteiger partial charge is 0.496 e. The zero-order chi connectivity index (χ0) is 51.9. The number of rotatable bonds is 11. The van der Waals surface area contributed by atoms with Crippen LogP contribution in [0.2, 0.25) is 10.0 Å². The highest BCUT2D eigenvalue weighted by Gasteiger charge is 2.51. The lowest BCUT2D eigenvalue weighted by atomic mass is 9.90. The number of ether oxygens (including phenoxy) is 2. The first-order valence-electron chi connectivity index (χ1n) is 22.3. The van der Waals surface area contributed by atoms with E-state index in [1.807, 2.05) is 20.8 Å². The lowest BCUT2D eigenvalue weighted by Gasteiger charge is -2.34. The Morgan fingerprint density at radius 2 is 1.11 bits per heavy atom. The van der Waals surface area contributed by atoms with Crippen molar-refractivity contribution in [2.45, 2.75) is 78.7 Å². The number of carbonyl (C=O) groups excluding carboxylic acids is 4. The molecule has 0 aliphatic carbocycles. The number of fused-ring (bicyclic) bond motifs is 2. The lowest BCUT2D eigenvalue weighted by Crippen LogP contribution is -2.51. The Balaban J connectivity index is 0.000000209. The molecule has 0 spiro atoms. The van der Waals surface area contributed by atoms with Crippen LogP contribution in [-0.4, -0.2) is 58.5 Å². The molecule has 71 heavy (non-hydrogen) atoms. The van der Waals surface area contributed by atoms with E-state index in [2.05, 4.69) is 9.97 Å². The molecule has 4 aromatic carbocycles. The third-order valence-electron chi connectivity index (χ3n) is 12.1. The Hall–Kier alpha value is -7.24. The molecule has 1 unspecified atom stereocenters. The van der Waals surface area contributed by atoms with E-state index in [0.717, 1.165) is 28.7 Å². The third kappa shape index (κ3) is 8.97. The summed E-state index contributed by atoms with van der Waals surface area (Å²) in [6, 6.07) is 11.3. The molecule has 6 aromatic rings. The Morgan fingerprint density at radius 1 is 0.676 bits per heavy atom. The van der Waals surface area contributed by atoms with Gasteiger partial charge in [0, 0.05) is 34.0 Å². The molecular weight excluding hydrogens is 969 g/mol. The number of Topliss-reactive ketones (excluding diaryl/α,β-unsaturated/α-hetero) is 2. The molecule has 0 radical (unpaired) electrons. The summed E-state index contributed by atoms with van der Waals surface area (Å²) >= 11 is 12.8. The number of aryl methyl sites for hydroxylation is 2. The first kappa shape index (κ1) is 51.6. The van der Waals surface area contributed by atoms with Crippen molar-refractivity contribution in [1.82, 2.24) is 9.97 Å². The van der Waals surface area contributed by atoms with Crippen LogP contribution in [0.1, 0.15) is 103 Å². The van der Waals surface area contributed by atoms with Gasteiger partial charge in [-0.15, -0.1) is 0 Å². The molecule has 0 saturated heterocycles. The van der Waals surface area contributed by atoms with Crippen LogP contribution in [0.3, 0.4) is 0 Å². The van der Waals surface area contributed by atoms with Gasteiger partial charge < -0.3 is 9.47 Å². The highest BCUT2D eigenvalue weighted by atomic mass is 35.5. The smallest absolute Gasteiger partial charge is 0.352 e. The molecule has 19 heteroatoms. The molecule has 8 rings (SSSR count). The average molecular weight is 1010 g/mol. The maximum absolute atomic E-state index is 16.5. The van der Waals surface area contributed by atoms with Crippen molar-refractivity contribution < 1.29 is 51.1 Å². The third-order valence-corrected chi connectivity index (χ3v) is 12.7. The van der Waals surface area contributed by atoms with Gasteiger partial charge in [-0.05, 0) is 84.3 Å². The first-order valence-corrected chi connectivity index (χ1v) is 23.0.